The quantitative estimate of drug-likeness (QED) is 0.922. The van der Waals surface area contributed by atoms with Crippen molar-refractivity contribution >= 4 is 33.3 Å². The maximum atomic E-state index is 12.1. The van der Waals surface area contributed by atoms with E-state index in [1.165, 1.54) is 0 Å². The number of nitrogens with two attached hydrogens (primary N) is 1. The van der Waals surface area contributed by atoms with E-state index in [1.54, 1.807) is 6.07 Å². The van der Waals surface area contributed by atoms with Crippen LogP contribution in [0.3, 0.4) is 0 Å². The molecule has 5 heteroatoms. The molecule has 0 amide bonds. The zero-order valence-corrected chi connectivity index (χ0v) is 12.2. The van der Waals surface area contributed by atoms with Crippen LogP contribution in [0.1, 0.15) is 18.4 Å². The first-order chi connectivity index (χ1) is 8.60. The second-order valence-corrected chi connectivity index (χ2v) is 5.76. The summed E-state index contributed by atoms with van der Waals surface area (Å²) in [6.45, 7) is 0.475. The molecular formula is C13H15BrClNO2. The van der Waals surface area contributed by atoms with Crippen LogP contribution >= 0.6 is 27.5 Å². The van der Waals surface area contributed by atoms with Gasteiger partial charge in [-0.05, 0) is 30.5 Å². The first-order valence-corrected chi connectivity index (χ1v) is 7.09. The van der Waals surface area contributed by atoms with Crippen molar-refractivity contribution in [1.82, 2.24) is 0 Å². The van der Waals surface area contributed by atoms with E-state index < -0.39 is 0 Å². The van der Waals surface area contributed by atoms with Crippen molar-refractivity contribution < 1.29 is 9.53 Å². The summed E-state index contributed by atoms with van der Waals surface area (Å²) in [5, 5.41) is 0.603. The third-order valence-electron chi connectivity index (χ3n) is 3.11. The Hall–Kier alpha value is -0.420. The Bertz CT molecular complexity index is 453. The molecule has 1 aromatic carbocycles. The lowest BCUT2D eigenvalue weighted by Gasteiger charge is -2.12. The number of hydrogen-bond acceptors (Lipinski definition) is 3. The highest BCUT2D eigenvalue weighted by Gasteiger charge is 2.29. The SMILES string of the molecule is NCC1CCC(C(=O)Cc2ccc(Br)cc2Cl)O1. The molecule has 1 fully saturated rings. The molecule has 0 aromatic heterocycles. The minimum absolute atomic E-state index is 0.0272. The molecule has 1 aliphatic heterocycles. The van der Waals surface area contributed by atoms with Crippen LogP contribution in [-0.4, -0.2) is 24.5 Å². The van der Waals surface area contributed by atoms with Crippen molar-refractivity contribution in [2.24, 2.45) is 5.73 Å². The summed E-state index contributed by atoms with van der Waals surface area (Å²) < 4.78 is 6.49. The zero-order chi connectivity index (χ0) is 13.1. The molecule has 0 radical (unpaired) electrons. The predicted molar refractivity (Wildman–Crippen MR) is 74.8 cm³/mol. The Morgan fingerprint density at radius 1 is 1.50 bits per heavy atom. The number of halogens is 2. The number of ketones is 1. The van der Waals surface area contributed by atoms with Gasteiger partial charge in [0.05, 0.1) is 6.10 Å². The summed E-state index contributed by atoms with van der Waals surface area (Å²) in [5.41, 5.74) is 6.36. The van der Waals surface area contributed by atoms with E-state index >= 15 is 0 Å². The summed E-state index contributed by atoms with van der Waals surface area (Å²) in [6.07, 6.45) is 1.64. The number of benzene rings is 1. The van der Waals surface area contributed by atoms with Gasteiger partial charge >= 0.3 is 0 Å². The molecule has 2 atom stereocenters. The molecule has 0 aliphatic carbocycles. The number of carbonyl (C=O) groups excluding carboxylic acids is 1. The van der Waals surface area contributed by atoms with Crippen LogP contribution in [0.25, 0.3) is 0 Å². The van der Waals surface area contributed by atoms with E-state index in [1.807, 2.05) is 12.1 Å². The molecule has 0 saturated carbocycles. The fraction of sp³-hybridized carbons (Fsp3) is 0.462. The van der Waals surface area contributed by atoms with Crippen LogP contribution in [0.4, 0.5) is 0 Å². The smallest absolute Gasteiger partial charge is 0.165 e. The minimum atomic E-state index is -0.321. The summed E-state index contributed by atoms with van der Waals surface area (Å²) in [4.78, 5) is 12.1. The van der Waals surface area contributed by atoms with Crippen LogP contribution in [0, 0.1) is 0 Å². The highest BCUT2D eigenvalue weighted by molar-refractivity contribution is 9.10. The Morgan fingerprint density at radius 3 is 2.89 bits per heavy atom. The van der Waals surface area contributed by atoms with E-state index in [4.69, 9.17) is 22.1 Å². The van der Waals surface area contributed by atoms with Gasteiger partial charge in [0.1, 0.15) is 6.10 Å². The molecule has 2 rings (SSSR count). The largest absolute Gasteiger partial charge is 0.366 e. The fourth-order valence-corrected chi connectivity index (χ4v) is 2.82. The number of carbonyl (C=O) groups is 1. The average Bonchev–Trinajstić information content (AvgIpc) is 2.81. The molecule has 1 aromatic rings. The topological polar surface area (TPSA) is 52.3 Å². The summed E-state index contributed by atoms with van der Waals surface area (Å²) in [7, 11) is 0. The molecular weight excluding hydrogens is 318 g/mol. The van der Waals surface area contributed by atoms with Crippen LogP contribution in [0.5, 0.6) is 0 Å². The van der Waals surface area contributed by atoms with E-state index in [0.29, 0.717) is 18.0 Å². The standard InChI is InChI=1S/C13H15BrClNO2/c14-9-2-1-8(11(15)6-9)5-12(17)13-4-3-10(7-16)18-13/h1-2,6,10,13H,3-5,7,16H2. The van der Waals surface area contributed by atoms with Gasteiger partial charge in [-0.2, -0.15) is 0 Å². The van der Waals surface area contributed by atoms with Crippen molar-refractivity contribution in [3.05, 3.63) is 33.3 Å². The number of hydrogen-bond donors (Lipinski definition) is 1. The van der Waals surface area contributed by atoms with Crippen molar-refractivity contribution in [2.75, 3.05) is 6.54 Å². The Kier molecular flexibility index (Phi) is 4.78. The summed E-state index contributed by atoms with van der Waals surface area (Å²) in [6, 6.07) is 5.54. The van der Waals surface area contributed by atoms with Crippen LogP contribution in [-0.2, 0) is 16.0 Å². The number of Topliss-reactive ketones (excluding diaryl/α,β-unsaturated/α-hetero) is 1. The zero-order valence-electron chi connectivity index (χ0n) is 9.86. The van der Waals surface area contributed by atoms with Crippen molar-refractivity contribution in [3.63, 3.8) is 0 Å². The third kappa shape index (κ3) is 3.32. The minimum Gasteiger partial charge on any atom is -0.366 e. The van der Waals surface area contributed by atoms with E-state index in [9.17, 15) is 4.79 Å². The lowest BCUT2D eigenvalue weighted by molar-refractivity contribution is -0.128. The molecule has 2 N–H and O–H groups in total. The average molecular weight is 333 g/mol. The second kappa shape index (κ2) is 6.15. The second-order valence-electron chi connectivity index (χ2n) is 4.44. The van der Waals surface area contributed by atoms with Gasteiger partial charge in [0, 0.05) is 22.5 Å². The van der Waals surface area contributed by atoms with Crippen LogP contribution in [0.15, 0.2) is 22.7 Å². The molecule has 0 bridgehead atoms. The summed E-state index contributed by atoms with van der Waals surface area (Å²) in [5.74, 6) is 0.0789. The fourth-order valence-electron chi connectivity index (χ4n) is 2.08. The molecule has 0 spiro atoms. The van der Waals surface area contributed by atoms with E-state index in [0.717, 1.165) is 22.9 Å². The molecule has 1 aliphatic rings. The lowest BCUT2D eigenvalue weighted by Crippen LogP contribution is -2.26. The van der Waals surface area contributed by atoms with Crippen molar-refractivity contribution in [3.8, 4) is 0 Å². The Labute approximate surface area is 120 Å². The number of rotatable bonds is 4. The molecule has 1 saturated heterocycles. The lowest BCUT2D eigenvalue weighted by atomic mass is 10.0. The maximum Gasteiger partial charge on any atom is 0.165 e. The van der Waals surface area contributed by atoms with Crippen molar-refractivity contribution in [2.45, 2.75) is 31.5 Å². The van der Waals surface area contributed by atoms with Crippen LogP contribution in [0.2, 0.25) is 5.02 Å². The molecule has 98 valence electrons. The molecule has 3 nitrogen and oxygen atoms in total. The maximum absolute atomic E-state index is 12.1. The highest BCUT2D eigenvalue weighted by Crippen LogP contribution is 2.25. The van der Waals surface area contributed by atoms with Gasteiger partial charge in [0.25, 0.3) is 0 Å². The highest BCUT2D eigenvalue weighted by atomic mass is 79.9. The Morgan fingerprint density at radius 2 is 2.28 bits per heavy atom. The molecule has 2 unspecified atom stereocenters. The van der Waals surface area contributed by atoms with Crippen molar-refractivity contribution in [1.29, 1.82) is 0 Å². The van der Waals surface area contributed by atoms with Gasteiger partial charge in [-0.3, -0.25) is 4.79 Å². The van der Waals surface area contributed by atoms with Crippen LogP contribution < -0.4 is 5.73 Å². The summed E-state index contributed by atoms with van der Waals surface area (Å²) >= 11 is 9.43. The first kappa shape index (κ1) is 14.0. The normalized spacial score (nSPS) is 23.3. The third-order valence-corrected chi connectivity index (χ3v) is 3.95. The van der Waals surface area contributed by atoms with E-state index in [-0.39, 0.29) is 18.0 Å². The first-order valence-electron chi connectivity index (χ1n) is 5.92. The van der Waals surface area contributed by atoms with Gasteiger partial charge in [-0.15, -0.1) is 0 Å². The predicted octanol–water partition coefficient (Wildman–Crippen LogP) is 2.72. The molecule has 18 heavy (non-hydrogen) atoms. The van der Waals surface area contributed by atoms with Gasteiger partial charge < -0.3 is 10.5 Å². The van der Waals surface area contributed by atoms with Gasteiger partial charge in [0.15, 0.2) is 5.78 Å². The Balaban J connectivity index is 1.99. The van der Waals surface area contributed by atoms with Gasteiger partial charge in [0.2, 0.25) is 0 Å². The molecule has 1 heterocycles. The van der Waals surface area contributed by atoms with Gasteiger partial charge in [-0.25, -0.2) is 0 Å². The van der Waals surface area contributed by atoms with Gasteiger partial charge in [-0.1, -0.05) is 33.6 Å². The van der Waals surface area contributed by atoms with E-state index in [2.05, 4.69) is 15.9 Å². The number of ether oxygens (including phenoxy) is 1. The monoisotopic (exact) mass is 331 g/mol.